The summed E-state index contributed by atoms with van der Waals surface area (Å²) in [7, 11) is -3.91. The van der Waals surface area contributed by atoms with E-state index in [1.807, 2.05) is 50.2 Å². The molecule has 1 N–H and O–H groups in total. The lowest BCUT2D eigenvalue weighted by Gasteiger charge is -2.35. The quantitative estimate of drug-likeness (QED) is 0.495. The molecule has 1 aliphatic rings. The Morgan fingerprint density at radius 1 is 1.03 bits per heavy atom. The summed E-state index contributed by atoms with van der Waals surface area (Å²) in [6, 6.07) is 16.4. The van der Waals surface area contributed by atoms with E-state index in [4.69, 9.17) is 11.6 Å². The van der Waals surface area contributed by atoms with Gasteiger partial charge in [-0.15, -0.1) is 0 Å². The molecule has 0 bridgehead atoms. The van der Waals surface area contributed by atoms with Gasteiger partial charge >= 0.3 is 0 Å². The van der Waals surface area contributed by atoms with E-state index in [9.17, 15) is 17.6 Å². The third-order valence-electron chi connectivity index (χ3n) is 6.21. The third kappa shape index (κ3) is 5.34. The second-order valence-electron chi connectivity index (χ2n) is 8.43. The Labute approximate surface area is 210 Å². The molecule has 0 unspecified atom stereocenters. The van der Waals surface area contributed by atoms with Gasteiger partial charge in [-0.1, -0.05) is 42.8 Å². The smallest absolute Gasteiger partial charge is 0.258 e. The first-order chi connectivity index (χ1) is 16.7. The number of anilines is 2. The van der Waals surface area contributed by atoms with Crippen LogP contribution in [0.25, 0.3) is 0 Å². The van der Waals surface area contributed by atoms with E-state index >= 15 is 0 Å². The third-order valence-corrected chi connectivity index (χ3v) is 8.34. The van der Waals surface area contributed by atoms with Gasteiger partial charge in [0.25, 0.3) is 5.91 Å². The summed E-state index contributed by atoms with van der Waals surface area (Å²) < 4.78 is 42.6. The van der Waals surface area contributed by atoms with Gasteiger partial charge in [0.05, 0.1) is 10.5 Å². The molecule has 1 aliphatic heterocycles. The fraction of sp³-hybridized carbons (Fsp3) is 0.269. The average molecular weight is 516 g/mol. The van der Waals surface area contributed by atoms with Crippen LogP contribution in [0.2, 0.25) is 5.02 Å². The van der Waals surface area contributed by atoms with Gasteiger partial charge in [0.15, 0.2) is 0 Å². The Kier molecular flexibility index (Phi) is 7.44. The minimum absolute atomic E-state index is 0.110. The number of piperazine rings is 1. The molecule has 1 saturated heterocycles. The van der Waals surface area contributed by atoms with Gasteiger partial charge in [-0.25, -0.2) is 12.8 Å². The molecule has 9 heteroatoms. The van der Waals surface area contributed by atoms with Gasteiger partial charge < -0.3 is 10.2 Å². The van der Waals surface area contributed by atoms with Crippen molar-refractivity contribution in [3.8, 4) is 0 Å². The Morgan fingerprint density at radius 2 is 1.74 bits per heavy atom. The van der Waals surface area contributed by atoms with Crippen molar-refractivity contribution in [2.45, 2.75) is 25.2 Å². The number of hydrogen-bond acceptors (Lipinski definition) is 4. The van der Waals surface area contributed by atoms with Crippen LogP contribution in [0.3, 0.4) is 0 Å². The highest BCUT2D eigenvalue weighted by Gasteiger charge is 2.30. The van der Waals surface area contributed by atoms with Crippen molar-refractivity contribution in [3.05, 3.63) is 88.2 Å². The average Bonchev–Trinajstić information content (AvgIpc) is 2.85. The first-order valence-electron chi connectivity index (χ1n) is 11.4. The zero-order valence-electron chi connectivity index (χ0n) is 19.6. The van der Waals surface area contributed by atoms with Crippen molar-refractivity contribution in [2.24, 2.45) is 0 Å². The maximum absolute atomic E-state index is 14.6. The van der Waals surface area contributed by atoms with E-state index in [1.54, 1.807) is 6.07 Å². The Bertz CT molecular complexity index is 1360. The minimum Gasteiger partial charge on any atom is -0.369 e. The van der Waals surface area contributed by atoms with E-state index in [-0.39, 0.29) is 23.5 Å². The Balaban J connectivity index is 1.53. The first kappa shape index (κ1) is 25.2. The highest BCUT2D eigenvalue weighted by Crippen LogP contribution is 2.26. The Morgan fingerprint density at radius 3 is 2.43 bits per heavy atom. The lowest BCUT2D eigenvalue weighted by Crippen LogP contribution is -2.48. The lowest BCUT2D eigenvalue weighted by atomic mass is 10.1. The van der Waals surface area contributed by atoms with Crippen molar-refractivity contribution in [1.82, 2.24) is 4.31 Å². The van der Waals surface area contributed by atoms with Crippen LogP contribution in [0.15, 0.2) is 65.6 Å². The van der Waals surface area contributed by atoms with E-state index in [2.05, 4.69) is 10.2 Å². The van der Waals surface area contributed by atoms with Crippen LogP contribution in [-0.2, 0) is 16.4 Å². The molecule has 0 aliphatic carbocycles. The Hall–Kier alpha value is -2.94. The van der Waals surface area contributed by atoms with Gasteiger partial charge in [-0.2, -0.15) is 4.31 Å². The molecule has 6 nitrogen and oxygen atoms in total. The number of amides is 1. The number of rotatable bonds is 6. The molecule has 0 atom stereocenters. The molecule has 184 valence electrons. The molecule has 1 heterocycles. The minimum atomic E-state index is -3.91. The van der Waals surface area contributed by atoms with Crippen molar-refractivity contribution >= 4 is 38.9 Å². The van der Waals surface area contributed by atoms with E-state index in [1.165, 1.54) is 10.4 Å². The molecule has 3 aromatic rings. The highest BCUT2D eigenvalue weighted by atomic mass is 35.5. The fourth-order valence-corrected chi connectivity index (χ4v) is 5.86. The van der Waals surface area contributed by atoms with Gasteiger partial charge in [0.2, 0.25) is 10.0 Å². The number of sulfonamides is 1. The molecule has 4 rings (SSSR count). The van der Waals surface area contributed by atoms with E-state index < -0.39 is 21.7 Å². The van der Waals surface area contributed by atoms with Crippen LogP contribution in [-0.4, -0.2) is 44.8 Å². The second-order valence-corrected chi connectivity index (χ2v) is 10.8. The predicted octanol–water partition coefficient (Wildman–Crippen LogP) is 5.11. The number of hydrogen-bond donors (Lipinski definition) is 1. The molecular formula is C26H27ClFN3O3S. The number of nitrogens with zero attached hydrogens (tertiary/aromatic N) is 2. The van der Waals surface area contributed by atoms with Crippen LogP contribution in [0, 0.1) is 12.7 Å². The molecule has 1 amide bonds. The molecule has 0 radical (unpaired) electrons. The number of aryl methyl sites for hydroxylation is 2. The molecular weight excluding hydrogens is 489 g/mol. The second kappa shape index (κ2) is 10.4. The topological polar surface area (TPSA) is 69.7 Å². The van der Waals surface area contributed by atoms with Gasteiger partial charge in [-0.05, 0) is 60.9 Å². The normalized spacial score (nSPS) is 14.7. The summed E-state index contributed by atoms with van der Waals surface area (Å²) in [5.41, 5.74) is 3.00. The summed E-state index contributed by atoms with van der Waals surface area (Å²) in [6.07, 6.45) is 0.690. The molecule has 35 heavy (non-hydrogen) atoms. The predicted molar refractivity (Wildman–Crippen MR) is 137 cm³/mol. The maximum Gasteiger partial charge on any atom is 0.258 e. The molecule has 3 aromatic carbocycles. The molecule has 1 fully saturated rings. The fourth-order valence-electron chi connectivity index (χ4n) is 4.23. The number of nitrogens with one attached hydrogen (secondary N) is 1. The van der Waals surface area contributed by atoms with Crippen LogP contribution in [0.4, 0.5) is 15.8 Å². The van der Waals surface area contributed by atoms with Crippen LogP contribution >= 0.6 is 11.6 Å². The SMILES string of the molecule is CCc1cccc(C)c1NC(=O)c1cc(S(=O)(=O)N2CCN(c3cccc(Cl)c3)CC2)ccc1F. The summed E-state index contributed by atoms with van der Waals surface area (Å²) >= 11 is 6.08. The van der Waals surface area contributed by atoms with E-state index in [0.29, 0.717) is 30.2 Å². The summed E-state index contributed by atoms with van der Waals surface area (Å²) in [5.74, 6) is -1.46. The number of carbonyl (C=O) groups is 1. The number of halogens is 2. The summed E-state index contributed by atoms with van der Waals surface area (Å²) in [5, 5.41) is 3.39. The standard InChI is InChI=1S/C26H27ClFN3O3S/c1-3-19-7-4-6-18(2)25(19)29-26(32)23-17-22(10-11-24(23)28)35(33,34)31-14-12-30(13-15-31)21-9-5-8-20(27)16-21/h4-11,16-17H,3,12-15H2,1-2H3,(H,29,32). The van der Waals surface area contributed by atoms with Crippen LogP contribution < -0.4 is 10.2 Å². The molecule has 0 aromatic heterocycles. The van der Waals surface area contributed by atoms with Crippen molar-refractivity contribution in [2.75, 3.05) is 36.4 Å². The van der Waals surface area contributed by atoms with E-state index in [0.717, 1.165) is 28.9 Å². The van der Waals surface area contributed by atoms with Crippen molar-refractivity contribution < 1.29 is 17.6 Å². The number of benzene rings is 3. The number of carbonyl (C=O) groups excluding carboxylic acids is 1. The maximum atomic E-state index is 14.6. The largest absolute Gasteiger partial charge is 0.369 e. The monoisotopic (exact) mass is 515 g/mol. The van der Waals surface area contributed by atoms with Crippen LogP contribution in [0.5, 0.6) is 0 Å². The number of para-hydroxylation sites is 1. The van der Waals surface area contributed by atoms with Gasteiger partial charge in [0.1, 0.15) is 5.82 Å². The highest BCUT2D eigenvalue weighted by molar-refractivity contribution is 7.89. The lowest BCUT2D eigenvalue weighted by molar-refractivity contribution is 0.102. The zero-order chi connectivity index (χ0) is 25.2. The van der Waals surface area contributed by atoms with Crippen molar-refractivity contribution in [3.63, 3.8) is 0 Å². The molecule has 0 spiro atoms. The van der Waals surface area contributed by atoms with Gasteiger partial charge in [0, 0.05) is 42.6 Å². The summed E-state index contributed by atoms with van der Waals surface area (Å²) in [6.45, 7) is 5.31. The summed E-state index contributed by atoms with van der Waals surface area (Å²) in [4.78, 5) is 14.9. The van der Waals surface area contributed by atoms with Gasteiger partial charge in [-0.3, -0.25) is 4.79 Å². The molecule has 0 saturated carbocycles. The van der Waals surface area contributed by atoms with Crippen molar-refractivity contribution in [1.29, 1.82) is 0 Å². The van der Waals surface area contributed by atoms with Crippen LogP contribution in [0.1, 0.15) is 28.4 Å². The first-order valence-corrected chi connectivity index (χ1v) is 13.2. The zero-order valence-corrected chi connectivity index (χ0v) is 21.2.